The van der Waals surface area contributed by atoms with E-state index in [1.807, 2.05) is 35.7 Å². The van der Waals surface area contributed by atoms with Crippen molar-refractivity contribution in [2.24, 2.45) is 5.10 Å². The Morgan fingerprint density at radius 3 is 2.48 bits per heavy atom. The maximum atomic E-state index is 13.3. The summed E-state index contributed by atoms with van der Waals surface area (Å²) in [6, 6.07) is 19.1. The molecular formula is C20H15FN2OS. The molecule has 0 saturated carbocycles. The van der Waals surface area contributed by atoms with Crippen LogP contribution >= 0.6 is 11.3 Å². The second-order valence-electron chi connectivity index (χ2n) is 5.81. The number of hydrazone groups is 1. The molecule has 0 N–H and O–H groups in total. The minimum Gasteiger partial charge on any atom is -0.267 e. The van der Waals surface area contributed by atoms with Crippen molar-refractivity contribution in [3.8, 4) is 0 Å². The molecule has 3 nitrogen and oxygen atoms in total. The number of carbonyl (C=O) groups excluding carboxylic acids is 1. The van der Waals surface area contributed by atoms with Crippen molar-refractivity contribution < 1.29 is 9.18 Å². The highest BCUT2D eigenvalue weighted by Gasteiger charge is 2.33. The van der Waals surface area contributed by atoms with Crippen LogP contribution in [0.5, 0.6) is 0 Å². The van der Waals surface area contributed by atoms with Crippen molar-refractivity contribution >= 4 is 23.0 Å². The lowest BCUT2D eigenvalue weighted by Gasteiger charge is -2.22. The third-order valence-electron chi connectivity index (χ3n) is 4.20. The summed E-state index contributed by atoms with van der Waals surface area (Å²) in [6.45, 7) is 0. The molecule has 1 aromatic heterocycles. The number of halogens is 1. The Kier molecular flexibility index (Phi) is 4.15. The SMILES string of the molecule is O=C(c1ccccc1)N1N=C(c2cccs2)CC1c1ccc(F)cc1. The molecule has 0 radical (unpaired) electrons. The number of carbonyl (C=O) groups is 1. The maximum absolute atomic E-state index is 13.3. The zero-order valence-corrected chi connectivity index (χ0v) is 14.1. The van der Waals surface area contributed by atoms with E-state index in [1.54, 1.807) is 35.6 Å². The van der Waals surface area contributed by atoms with E-state index < -0.39 is 0 Å². The number of nitrogens with zero attached hydrogens (tertiary/aromatic N) is 2. The molecule has 0 bridgehead atoms. The molecule has 1 atom stereocenters. The predicted molar refractivity (Wildman–Crippen MR) is 97.2 cm³/mol. The van der Waals surface area contributed by atoms with E-state index >= 15 is 0 Å². The van der Waals surface area contributed by atoms with Gasteiger partial charge in [-0.15, -0.1) is 11.3 Å². The number of hydrogen-bond acceptors (Lipinski definition) is 3. The first-order chi connectivity index (χ1) is 12.2. The van der Waals surface area contributed by atoms with Gasteiger partial charge in [-0.25, -0.2) is 9.40 Å². The first-order valence-electron chi connectivity index (χ1n) is 7.98. The van der Waals surface area contributed by atoms with Gasteiger partial charge in [-0.1, -0.05) is 36.4 Å². The summed E-state index contributed by atoms with van der Waals surface area (Å²) in [7, 11) is 0. The minimum atomic E-state index is -0.290. The van der Waals surface area contributed by atoms with Gasteiger partial charge in [0, 0.05) is 12.0 Å². The summed E-state index contributed by atoms with van der Waals surface area (Å²) >= 11 is 1.60. The van der Waals surface area contributed by atoms with Crippen LogP contribution in [0.1, 0.15) is 33.3 Å². The quantitative estimate of drug-likeness (QED) is 0.663. The van der Waals surface area contributed by atoms with Crippen molar-refractivity contribution in [3.05, 3.63) is 93.9 Å². The molecule has 3 aromatic rings. The van der Waals surface area contributed by atoms with Gasteiger partial charge in [0.1, 0.15) is 5.82 Å². The Bertz CT molecular complexity index is 905. The Morgan fingerprint density at radius 2 is 1.80 bits per heavy atom. The topological polar surface area (TPSA) is 32.7 Å². The van der Waals surface area contributed by atoms with Crippen LogP contribution in [-0.2, 0) is 0 Å². The van der Waals surface area contributed by atoms with Crippen LogP contribution < -0.4 is 0 Å². The van der Waals surface area contributed by atoms with Gasteiger partial charge in [0.15, 0.2) is 0 Å². The standard InChI is InChI=1S/C20H15FN2OS/c21-16-10-8-14(9-11-16)18-13-17(19-7-4-12-25-19)22-23(18)20(24)15-5-2-1-3-6-15/h1-12,18H,13H2. The van der Waals surface area contributed by atoms with Crippen molar-refractivity contribution in [2.45, 2.75) is 12.5 Å². The van der Waals surface area contributed by atoms with Gasteiger partial charge in [-0.05, 0) is 41.3 Å². The molecule has 0 fully saturated rings. The molecule has 1 aliphatic rings. The van der Waals surface area contributed by atoms with E-state index in [1.165, 1.54) is 17.1 Å². The average molecular weight is 350 g/mol. The molecule has 0 saturated heterocycles. The number of amides is 1. The summed E-state index contributed by atoms with van der Waals surface area (Å²) < 4.78 is 13.3. The van der Waals surface area contributed by atoms with Gasteiger partial charge in [0.2, 0.25) is 0 Å². The molecule has 1 amide bonds. The van der Waals surface area contributed by atoms with Crippen LogP contribution in [0.4, 0.5) is 4.39 Å². The number of rotatable bonds is 3. The van der Waals surface area contributed by atoms with Crippen molar-refractivity contribution in [1.29, 1.82) is 0 Å². The Hall–Kier alpha value is -2.79. The molecule has 0 aliphatic carbocycles. The second-order valence-corrected chi connectivity index (χ2v) is 6.76. The van der Waals surface area contributed by atoms with Gasteiger partial charge >= 0.3 is 0 Å². The highest BCUT2D eigenvalue weighted by Crippen LogP contribution is 2.34. The average Bonchev–Trinajstić information content (AvgIpc) is 3.32. The highest BCUT2D eigenvalue weighted by atomic mass is 32.1. The Balaban J connectivity index is 1.72. The first-order valence-corrected chi connectivity index (χ1v) is 8.86. The predicted octanol–water partition coefficient (Wildman–Crippen LogP) is 4.88. The molecule has 124 valence electrons. The van der Waals surface area contributed by atoms with Gasteiger partial charge in [0.25, 0.3) is 5.91 Å². The van der Waals surface area contributed by atoms with Gasteiger partial charge < -0.3 is 0 Å². The lowest BCUT2D eigenvalue weighted by Crippen LogP contribution is -2.27. The van der Waals surface area contributed by atoms with E-state index in [9.17, 15) is 9.18 Å². The number of hydrogen-bond donors (Lipinski definition) is 0. The molecule has 4 rings (SSSR count). The zero-order valence-electron chi connectivity index (χ0n) is 13.3. The minimum absolute atomic E-state index is 0.151. The lowest BCUT2D eigenvalue weighted by molar-refractivity contribution is 0.0711. The van der Waals surface area contributed by atoms with Crippen LogP contribution in [0.15, 0.2) is 77.2 Å². The molecule has 0 spiro atoms. The van der Waals surface area contributed by atoms with Gasteiger partial charge in [0.05, 0.1) is 16.6 Å². The van der Waals surface area contributed by atoms with Gasteiger partial charge in [-0.2, -0.15) is 5.10 Å². The molecule has 1 unspecified atom stereocenters. The third-order valence-corrected chi connectivity index (χ3v) is 5.12. The molecule has 25 heavy (non-hydrogen) atoms. The Labute approximate surface area is 149 Å². The summed E-state index contributed by atoms with van der Waals surface area (Å²) in [6.07, 6.45) is 0.616. The van der Waals surface area contributed by atoms with E-state index in [0.29, 0.717) is 12.0 Å². The first kappa shape index (κ1) is 15.7. The fourth-order valence-corrected chi connectivity index (χ4v) is 3.67. The maximum Gasteiger partial charge on any atom is 0.274 e. The van der Waals surface area contributed by atoms with E-state index in [-0.39, 0.29) is 17.8 Å². The van der Waals surface area contributed by atoms with Crippen molar-refractivity contribution in [3.63, 3.8) is 0 Å². The molecule has 1 aliphatic heterocycles. The summed E-state index contributed by atoms with van der Waals surface area (Å²) in [5.74, 6) is -0.441. The molecule has 2 aromatic carbocycles. The largest absolute Gasteiger partial charge is 0.274 e. The fourth-order valence-electron chi connectivity index (χ4n) is 2.95. The zero-order chi connectivity index (χ0) is 17.2. The summed E-state index contributed by atoms with van der Waals surface area (Å²) in [5.41, 5.74) is 2.35. The fraction of sp³-hybridized carbons (Fsp3) is 0.100. The Morgan fingerprint density at radius 1 is 1.04 bits per heavy atom. The lowest BCUT2D eigenvalue weighted by atomic mass is 10.0. The van der Waals surface area contributed by atoms with Crippen LogP contribution in [0, 0.1) is 5.82 Å². The van der Waals surface area contributed by atoms with Crippen molar-refractivity contribution in [1.82, 2.24) is 5.01 Å². The second kappa shape index (κ2) is 6.61. The highest BCUT2D eigenvalue weighted by molar-refractivity contribution is 7.12. The van der Waals surface area contributed by atoms with E-state index in [0.717, 1.165) is 16.2 Å². The summed E-state index contributed by atoms with van der Waals surface area (Å²) in [5, 5.41) is 8.12. The van der Waals surface area contributed by atoms with Crippen LogP contribution in [0.25, 0.3) is 0 Å². The van der Waals surface area contributed by atoms with E-state index in [2.05, 4.69) is 5.10 Å². The van der Waals surface area contributed by atoms with Crippen LogP contribution in [0.3, 0.4) is 0 Å². The van der Waals surface area contributed by atoms with Crippen LogP contribution in [-0.4, -0.2) is 16.6 Å². The number of thiophene rings is 1. The van der Waals surface area contributed by atoms with Gasteiger partial charge in [-0.3, -0.25) is 4.79 Å². The molecule has 5 heteroatoms. The van der Waals surface area contributed by atoms with E-state index in [4.69, 9.17) is 0 Å². The summed E-state index contributed by atoms with van der Waals surface area (Å²) in [4.78, 5) is 14.0. The normalized spacial score (nSPS) is 16.8. The number of benzene rings is 2. The van der Waals surface area contributed by atoms with Crippen molar-refractivity contribution in [2.75, 3.05) is 0 Å². The third kappa shape index (κ3) is 3.10. The monoisotopic (exact) mass is 350 g/mol. The smallest absolute Gasteiger partial charge is 0.267 e. The molecular weight excluding hydrogens is 335 g/mol. The van der Waals surface area contributed by atoms with Crippen LogP contribution in [0.2, 0.25) is 0 Å². The molecule has 2 heterocycles.